The second-order valence-corrected chi connectivity index (χ2v) is 15.2. The average Bonchev–Trinajstić information content (AvgIpc) is 3.70. The van der Waals surface area contributed by atoms with Crippen LogP contribution in [0.4, 0.5) is 13.2 Å². The third-order valence-electron chi connectivity index (χ3n) is 10.9. The maximum atomic E-state index is 15.1. The Kier molecular flexibility index (Phi) is 8.86. The molecule has 2 amide bonds. The monoisotopic (exact) mass is 746 g/mol. The van der Waals surface area contributed by atoms with E-state index >= 15 is 13.2 Å². The fourth-order valence-electron chi connectivity index (χ4n) is 8.55. The summed E-state index contributed by atoms with van der Waals surface area (Å²) in [6.45, 7) is 5.56. The standard InChI is InChI=1S/C39H38ClF3N6O4/c1-52-30-12-23(6-7-24(30)15-48-19-37(20-48)13-31(50)45-17-37)35-34(40)27(10-11-44-35)26-4-3-5-28(33(26)39(41,42)43)29-9-8-25(36(47-29)53-2)16-49-21-38(22-49)14-32(51)46-18-38/h3-12H,13-22H2,1-2H3,(H,45,50)(H,46,51). The summed E-state index contributed by atoms with van der Waals surface area (Å²) < 4.78 is 56.6. The zero-order valence-electron chi connectivity index (χ0n) is 29.3. The van der Waals surface area contributed by atoms with Crippen LogP contribution < -0.4 is 20.1 Å². The Morgan fingerprint density at radius 3 is 2.02 bits per heavy atom. The summed E-state index contributed by atoms with van der Waals surface area (Å²) in [5, 5.41) is 5.89. The number of carbonyl (C=O) groups excluding carboxylic acids is 2. The normalized spacial score (nSPS) is 19.2. The minimum absolute atomic E-state index is 0.00444. The topological polar surface area (TPSA) is 109 Å². The second kappa shape index (κ2) is 13.3. The number of aromatic nitrogens is 2. The molecule has 0 bridgehead atoms. The summed E-state index contributed by atoms with van der Waals surface area (Å²) in [6.07, 6.45) is -2.26. The van der Waals surface area contributed by atoms with Crippen molar-refractivity contribution in [2.24, 2.45) is 10.8 Å². The number of hydrogen-bond acceptors (Lipinski definition) is 8. The van der Waals surface area contributed by atoms with E-state index in [2.05, 4.69) is 30.4 Å². The molecule has 2 aromatic carbocycles. The molecular weight excluding hydrogens is 709 g/mol. The molecule has 2 N–H and O–H groups in total. The number of carbonyl (C=O) groups is 2. The first-order valence-corrected chi connectivity index (χ1v) is 17.8. The average molecular weight is 747 g/mol. The van der Waals surface area contributed by atoms with Gasteiger partial charge >= 0.3 is 6.18 Å². The lowest BCUT2D eigenvalue weighted by atomic mass is 9.79. The molecule has 276 valence electrons. The molecule has 2 aromatic heterocycles. The van der Waals surface area contributed by atoms with Crippen LogP contribution in [0.15, 0.2) is 60.8 Å². The largest absolute Gasteiger partial charge is 0.496 e. The van der Waals surface area contributed by atoms with Crippen molar-refractivity contribution in [2.45, 2.75) is 32.1 Å². The van der Waals surface area contributed by atoms with Crippen LogP contribution in [0.2, 0.25) is 5.02 Å². The number of ether oxygens (including phenoxy) is 2. The number of hydrogen-bond donors (Lipinski definition) is 2. The van der Waals surface area contributed by atoms with E-state index in [1.165, 1.54) is 31.5 Å². The minimum Gasteiger partial charge on any atom is -0.496 e. The molecule has 4 aliphatic rings. The molecule has 2 spiro atoms. The van der Waals surface area contributed by atoms with Crippen LogP contribution in [0.25, 0.3) is 33.6 Å². The third-order valence-corrected chi connectivity index (χ3v) is 11.3. The summed E-state index contributed by atoms with van der Waals surface area (Å²) in [4.78, 5) is 37.0. The van der Waals surface area contributed by atoms with E-state index in [-0.39, 0.29) is 55.9 Å². The van der Waals surface area contributed by atoms with E-state index in [1.807, 2.05) is 12.1 Å². The molecule has 0 saturated carbocycles. The first-order valence-electron chi connectivity index (χ1n) is 17.4. The highest BCUT2D eigenvalue weighted by Gasteiger charge is 2.49. The lowest BCUT2D eigenvalue weighted by Gasteiger charge is -2.47. The number of alkyl halides is 3. The number of nitrogens with zero attached hydrogens (tertiary/aromatic N) is 4. The van der Waals surface area contributed by atoms with Crippen molar-refractivity contribution >= 4 is 23.4 Å². The van der Waals surface area contributed by atoms with Gasteiger partial charge in [0.1, 0.15) is 5.75 Å². The van der Waals surface area contributed by atoms with Crippen LogP contribution in [0.3, 0.4) is 0 Å². The van der Waals surface area contributed by atoms with Crippen molar-refractivity contribution in [1.29, 1.82) is 0 Å². The Morgan fingerprint density at radius 2 is 1.43 bits per heavy atom. The van der Waals surface area contributed by atoms with Gasteiger partial charge in [-0.3, -0.25) is 24.4 Å². The van der Waals surface area contributed by atoms with Gasteiger partial charge in [0.25, 0.3) is 0 Å². The molecule has 10 nitrogen and oxygen atoms in total. The molecule has 6 heterocycles. The number of halogens is 4. The fraction of sp³-hybridized carbons (Fsp3) is 0.385. The first kappa shape index (κ1) is 35.3. The minimum atomic E-state index is -4.76. The quantitative estimate of drug-likeness (QED) is 0.221. The molecule has 8 rings (SSSR count). The van der Waals surface area contributed by atoms with Gasteiger partial charge in [0.05, 0.1) is 36.2 Å². The van der Waals surface area contributed by atoms with Crippen molar-refractivity contribution in [2.75, 3.05) is 53.5 Å². The van der Waals surface area contributed by atoms with Gasteiger partial charge in [-0.15, -0.1) is 0 Å². The first-order chi connectivity index (χ1) is 25.4. The van der Waals surface area contributed by atoms with Crippen molar-refractivity contribution in [1.82, 2.24) is 30.4 Å². The second-order valence-electron chi connectivity index (χ2n) is 14.8. The molecule has 4 fully saturated rings. The van der Waals surface area contributed by atoms with Gasteiger partial charge in [0.15, 0.2) is 0 Å². The Hall–Kier alpha value is -4.72. The maximum Gasteiger partial charge on any atom is 0.417 e. The Balaban J connectivity index is 1.07. The molecule has 0 atom stereocenters. The molecular formula is C39H38ClF3N6O4. The van der Waals surface area contributed by atoms with Crippen molar-refractivity contribution in [3.8, 4) is 45.3 Å². The number of rotatable bonds is 9. The van der Waals surface area contributed by atoms with Crippen LogP contribution >= 0.6 is 11.6 Å². The highest BCUT2D eigenvalue weighted by molar-refractivity contribution is 6.35. The predicted octanol–water partition coefficient (Wildman–Crippen LogP) is 5.81. The summed E-state index contributed by atoms with van der Waals surface area (Å²) >= 11 is 6.94. The fourth-order valence-corrected chi connectivity index (χ4v) is 8.87. The zero-order chi connectivity index (χ0) is 37.1. The van der Waals surface area contributed by atoms with E-state index in [9.17, 15) is 9.59 Å². The lowest BCUT2D eigenvalue weighted by molar-refractivity contribution is -0.136. The Bertz CT molecular complexity index is 2120. The van der Waals surface area contributed by atoms with Crippen molar-refractivity contribution in [3.63, 3.8) is 0 Å². The van der Waals surface area contributed by atoms with E-state index in [0.29, 0.717) is 56.0 Å². The number of benzene rings is 2. The molecule has 4 aromatic rings. The molecule has 0 radical (unpaired) electrons. The Morgan fingerprint density at radius 1 is 0.811 bits per heavy atom. The highest BCUT2D eigenvalue weighted by Crippen LogP contribution is 2.47. The van der Waals surface area contributed by atoms with Gasteiger partial charge < -0.3 is 20.1 Å². The smallest absolute Gasteiger partial charge is 0.417 e. The molecule has 4 saturated heterocycles. The van der Waals surface area contributed by atoms with Crippen LogP contribution in [-0.4, -0.2) is 85.1 Å². The summed E-state index contributed by atoms with van der Waals surface area (Å²) in [5.41, 5.74) is 1.74. The number of methoxy groups -OCH3 is 2. The SMILES string of the molecule is COc1cc(-c2nccc(-c3cccc(-c4ccc(CN5CC6(CNC(=O)C6)C5)c(OC)n4)c3C(F)(F)F)c2Cl)ccc1CN1CC2(CNC(=O)C2)C1. The molecule has 14 heteroatoms. The van der Waals surface area contributed by atoms with E-state index in [4.69, 9.17) is 21.1 Å². The van der Waals surface area contributed by atoms with Gasteiger partial charge in [-0.1, -0.05) is 48.0 Å². The molecule has 4 aliphatic heterocycles. The Labute approximate surface area is 309 Å². The zero-order valence-corrected chi connectivity index (χ0v) is 30.0. The highest BCUT2D eigenvalue weighted by atomic mass is 35.5. The number of nitrogens with one attached hydrogen (secondary N) is 2. The van der Waals surface area contributed by atoms with Gasteiger partial charge in [-0.2, -0.15) is 13.2 Å². The predicted molar refractivity (Wildman–Crippen MR) is 192 cm³/mol. The van der Waals surface area contributed by atoms with E-state index < -0.39 is 11.7 Å². The number of pyridine rings is 2. The number of likely N-dealkylation sites (tertiary alicyclic amines) is 2. The van der Waals surface area contributed by atoms with Gasteiger partial charge in [0.2, 0.25) is 17.7 Å². The number of amides is 2. The van der Waals surface area contributed by atoms with Gasteiger partial charge in [-0.25, -0.2) is 4.98 Å². The van der Waals surface area contributed by atoms with Crippen LogP contribution in [0.5, 0.6) is 11.6 Å². The molecule has 0 unspecified atom stereocenters. The third kappa shape index (κ3) is 6.59. The van der Waals surface area contributed by atoms with Crippen LogP contribution in [0, 0.1) is 10.8 Å². The van der Waals surface area contributed by atoms with Crippen LogP contribution in [0.1, 0.15) is 29.5 Å². The van der Waals surface area contributed by atoms with Crippen molar-refractivity contribution < 1.29 is 32.2 Å². The van der Waals surface area contributed by atoms with Crippen molar-refractivity contribution in [3.05, 3.63) is 82.5 Å². The summed E-state index contributed by atoms with van der Waals surface area (Å²) in [5.74, 6) is 0.994. The van der Waals surface area contributed by atoms with Crippen LogP contribution in [-0.2, 0) is 28.9 Å². The molecule has 53 heavy (non-hydrogen) atoms. The van der Waals surface area contributed by atoms with Gasteiger partial charge in [0, 0.05) is 110 Å². The van der Waals surface area contributed by atoms with E-state index in [1.54, 1.807) is 31.4 Å². The maximum absolute atomic E-state index is 15.1. The van der Waals surface area contributed by atoms with Gasteiger partial charge in [-0.05, 0) is 23.8 Å². The summed E-state index contributed by atoms with van der Waals surface area (Å²) in [7, 11) is 3.02. The van der Waals surface area contributed by atoms with E-state index in [0.717, 1.165) is 37.3 Å². The lowest BCUT2D eigenvalue weighted by Crippen LogP contribution is -2.56. The molecule has 0 aliphatic carbocycles. The summed E-state index contributed by atoms with van der Waals surface area (Å²) in [6, 6.07) is 14.7.